The van der Waals surface area contributed by atoms with Crippen LogP contribution in [0.15, 0.2) is 90.5 Å². The Morgan fingerprint density at radius 2 is 1.58 bits per heavy atom. The predicted octanol–water partition coefficient (Wildman–Crippen LogP) is 4.83. The van der Waals surface area contributed by atoms with E-state index in [2.05, 4.69) is 0 Å². The van der Waals surface area contributed by atoms with Crippen LogP contribution in [0.4, 0.5) is 5.69 Å². The zero-order valence-electron chi connectivity index (χ0n) is 24.0. The van der Waals surface area contributed by atoms with E-state index in [-0.39, 0.29) is 35.8 Å². The number of phenols is 1. The lowest BCUT2D eigenvalue weighted by molar-refractivity contribution is -0.138. The zero-order valence-corrected chi connectivity index (χ0v) is 24.0. The van der Waals surface area contributed by atoms with E-state index in [1.165, 1.54) is 16.8 Å². The second kappa shape index (κ2) is 9.93. The number of ether oxygens (including phenoxy) is 1. The number of amides is 4. The number of para-hydroxylation sites is 1. The van der Waals surface area contributed by atoms with Crippen molar-refractivity contribution in [3.8, 4) is 11.5 Å². The Hall–Kier alpha value is -4.72. The molecule has 0 unspecified atom stereocenters. The number of benzene rings is 3. The summed E-state index contributed by atoms with van der Waals surface area (Å²) in [5, 5.41) is 11.5. The minimum absolute atomic E-state index is 0.0523. The molecule has 2 aliphatic carbocycles. The van der Waals surface area contributed by atoms with Crippen LogP contribution in [0.5, 0.6) is 11.5 Å². The number of carbonyl (C=O) groups is 4. The maximum atomic E-state index is 14.4. The van der Waals surface area contributed by atoms with Gasteiger partial charge in [0.25, 0.3) is 0 Å². The van der Waals surface area contributed by atoms with Gasteiger partial charge in [0.1, 0.15) is 18.1 Å². The van der Waals surface area contributed by atoms with Gasteiger partial charge in [-0.05, 0) is 49.4 Å². The SMILES string of the molecule is CN1C(=O)[C@H]2[C@H](CC=C3[C@H]2C[C@H]2C(=O)N(c4ccccc4)C(=O)[C@@]2(C)[C@H]3c2ccc(OCc3ccccc3)cc2O)C1=O. The molecular weight excluding hydrogens is 544 g/mol. The fourth-order valence-corrected chi connectivity index (χ4v) is 7.94. The molecule has 0 aromatic heterocycles. The van der Waals surface area contributed by atoms with Crippen molar-refractivity contribution in [1.29, 1.82) is 0 Å². The number of nitrogens with zero attached hydrogens (tertiary/aromatic N) is 2. The molecule has 0 bridgehead atoms. The van der Waals surface area contributed by atoms with Crippen LogP contribution in [0, 0.1) is 29.1 Å². The normalized spacial score (nSPS) is 29.7. The molecule has 0 spiro atoms. The molecule has 2 heterocycles. The molecule has 218 valence electrons. The minimum Gasteiger partial charge on any atom is -0.508 e. The first kappa shape index (κ1) is 27.1. The van der Waals surface area contributed by atoms with Crippen molar-refractivity contribution in [2.24, 2.45) is 29.1 Å². The molecule has 1 saturated carbocycles. The number of allylic oxidation sites excluding steroid dienone is 2. The van der Waals surface area contributed by atoms with Crippen molar-refractivity contribution in [3.05, 3.63) is 102 Å². The summed E-state index contributed by atoms with van der Waals surface area (Å²) in [6.45, 7) is 2.13. The lowest BCUT2D eigenvalue weighted by atomic mass is 9.51. The molecule has 7 rings (SSSR count). The maximum absolute atomic E-state index is 14.4. The molecule has 8 nitrogen and oxygen atoms in total. The standard InChI is InChI=1S/C35H32N2O6/c1-35-27(32(40)37(34(35)42)21-11-7-4-8-12-21)18-26-23(15-16-25-29(26)33(41)36(2)31(25)39)30(35)24-14-13-22(17-28(24)38)43-19-20-9-5-3-6-10-20/h3-15,17,25-27,29-30,38H,16,18-19H2,1-2H3/t25-,26+,27-,29-,30+,35+/m0/s1. The first-order valence-electron chi connectivity index (χ1n) is 14.7. The van der Waals surface area contributed by atoms with E-state index >= 15 is 0 Å². The van der Waals surface area contributed by atoms with Crippen LogP contribution < -0.4 is 9.64 Å². The Morgan fingerprint density at radius 3 is 2.28 bits per heavy atom. The van der Waals surface area contributed by atoms with Gasteiger partial charge in [-0.3, -0.25) is 24.1 Å². The molecule has 0 radical (unpaired) electrons. The summed E-state index contributed by atoms with van der Waals surface area (Å²) in [5.41, 5.74) is 1.58. The van der Waals surface area contributed by atoms with Crippen LogP contribution in [-0.2, 0) is 25.8 Å². The van der Waals surface area contributed by atoms with Crippen LogP contribution in [0.3, 0.4) is 0 Å². The van der Waals surface area contributed by atoms with Gasteiger partial charge in [0.15, 0.2) is 0 Å². The summed E-state index contributed by atoms with van der Waals surface area (Å²) in [6.07, 6.45) is 2.62. The quantitative estimate of drug-likeness (QED) is 0.345. The van der Waals surface area contributed by atoms with Gasteiger partial charge in [-0.1, -0.05) is 66.2 Å². The monoisotopic (exact) mass is 576 g/mol. The van der Waals surface area contributed by atoms with Gasteiger partial charge >= 0.3 is 0 Å². The van der Waals surface area contributed by atoms with Gasteiger partial charge in [0.2, 0.25) is 23.6 Å². The molecule has 43 heavy (non-hydrogen) atoms. The fraction of sp³-hybridized carbons (Fsp3) is 0.314. The second-order valence-electron chi connectivity index (χ2n) is 12.2. The van der Waals surface area contributed by atoms with E-state index < -0.39 is 35.0 Å². The van der Waals surface area contributed by atoms with Crippen molar-refractivity contribution >= 4 is 29.3 Å². The summed E-state index contributed by atoms with van der Waals surface area (Å²) < 4.78 is 5.95. The van der Waals surface area contributed by atoms with E-state index in [0.29, 0.717) is 30.0 Å². The number of imide groups is 2. The number of likely N-dealkylation sites (tertiary alicyclic amines) is 1. The number of hydrogen-bond acceptors (Lipinski definition) is 6. The van der Waals surface area contributed by atoms with E-state index in [4.69, 9.17) is 4.74 Å². The first-order chi connectivity index (χ1) is 20.7. The van der Waals surface area contributed by atoms with Crippen LogP contribution in [0.2, 0.25) is 0 Å². The summed E-state index contributed by atoms with van der Waals surface area (Å²) in [6, 6.07) is 23.6. The third-order valence-electron chi connectivity index (χ3n) is 10.1. The van der Waals surface area contributed by atoms with Crippen LogP contribution in [0.1, 0.15) is 36.8 Å². The number of carbonyl (C=O) groups excluding carboxylic acids is 4. The van der Waals surface area contributed by atoms with Gasteiger partial charge in [-0.15, -0.1) is 0 Å². The highest BCUT2D eigenvalue weighted by molar-refractivity contribution is 6.24. The Morgan fingerprint density at radius 1 is 0.884 bits per heavy atom. The molecule has 8 heteroatoms. The summed E-state index contributed by atoms with van der Waals surface area (Å²) in [4.78, 5) is 57.3. The van der Waals surface area contributed by atoms with Gasteiger partial charge in [0, 0.05) is 24.6 Å². The van der Waals surface area contributed by atoms with Crippen molar-refractivity contribution < 1.29 is 29.0 Å². The molecule has 4 aliphatic rings. The highest BCUT2D eigenvalue weighted by atomic mass is 16.5. The topological polar surface area (TPSA) is 104 Å². The summed E-state index contributed by atoms with van der Waals surface area (Å²) >= 11 is 0. The third kappa shape index (κ3) is 3.96. The van der Waals surface area contributed by atoms with Crippen molar-refractivity contribution in [3.63, 3.8) is 0 Å². The molecule has 3 aromatic carbocycles. The second-order valence-corrected chi connectivity index (χ2v) is 12.2. The van der Waals surface area contributed by atoms with Crippen molar-refractivity contribution in [1.82, 2.24) is 4.90 Å². The number of phenolic OH excluding ortho intramolecular Hbond substituents is 1. The molecule has 3 fully saturated rings. The molecule has 2 saturated heterocycles. The van der Waals surface area contributed by atoms with E-state index in [0.717, 1.165) is 11.1 Å². The van der Waals surface area contributed by atoms with Gasteiger partial charge in [0.05, 0.1) is 28.9 Å². The molecule has 2 aliphatic heterocycles. The molecule has 1 N–H and O–H groups in total. The lowest BCUT2D eigenvalue weighted by Crippen LogP contribution is -2.48. The summed E-state index contributed by atoms with van der Waals surface area (Å²) in [5.74, 6) is -3.64. The van der Waals surface area contributed by atoms with E-state index in [1.54, 1.807) is 42.5 Å². The molecule has 4 amide bonds. The van der Waals surface area contributed by atoms with Crippen molar-refractivity contribution in [2.45, 2.75) is 32.3 Å². The van der Waals surface area contributed by atoms with Gasteiger partial charge in [-0.2, -0.15) is 0 Å². The average molecular weight is 577 g/mol. The summed E-state index contributed by atoms with van der Waals surface area (Å²) in [7, 11) is 1.51. The zero-order chi connectivity index (χ0) is 30.0. The predicted molar refractivity (Wildman–Crippen MR) is 158 cm³/mol. The van der Waals surface area contributed by atoms with Crippen molar-refractivity contribution in [2.75, 3.05) is 11.9 Å². The largest absolute Gasteiger partial charge is 0.508 e. The molecule has 6 atom stereocenters. The number of rotatable bonds is 5. The average Bonchev–Trinajstić information content (AvgIpc) is 3.36. The highest BCUT2D eigenvalue weighted by Gasteiger charge is 2.67. The van der Waals surface area contributed by atoms with Gasteiger partial charge in [-0.25, -0.2) is 4.90 Å². The lowest BCUT2D eigenvalue weighted by Gasteiger charge is -2.49. The minimum atomic E-state index is -1.22. The highest BCUT2D eigenvalue weighted by Crippen LogP contribution is 2.64. The van der Waals surface area contributed by atoms with E-state index in [9.17, 15) is 24.3 Å². The van der Waals surface area contributed by atoms with Crippen LogP contribution in [-0.4, -0.2) is 40.7 Å². The maximum Gasteiger partial charge on any atom is 0.241 e. The number of aromatic hydroxyl groups is 1. The fourth-order valence-electron chi connectivity index (χ4n) is 7.94. The number of hydrogen-bond donors (Lipinski definition) is 1. The number of anilines is 1. The number of fused-ring (bicyclic) bond motifs is 4. The van der Waals surface area contributed by atoms with E-state index in [1.807, 2.05) is 49.4 Å². The Kier molecular flexibility index (Phi) is 6.27. The Balaban J connectivity index is 1.33. The van der Waals surface area contributed by atoms with Crippen LogP contribution >= 0.6 is 0 Å². The van der Waals surface area contributed by atoms with Crippen LogP contribution in [0.25, 0.3) is 0 Å². The van der Waals surface area contributed by atoms with Gasteiger partial charge < -0.3 is 9.84 Å². The Bertz CT molecular complexity index is 1680. The third-order valence-corrected chi connectivity index (χ3v) is 10.1. The molecule has 3 aromatic rings. The smallest absolute Gasteiger partial charge is 0.241 e. The first-order valence-corrected chi connectivity index (χ1v) is 14.7. The molecular formula is C35H32N2O6. The Labute approximate surface area is 249 Å².